The Bertz CT molecular complexity index is 400. The van der Waals surface area contributed by atoms with Crippen LogP contribution < -0.4 is 11.1 Å². The van der Waals surface area contributed by atoms with Gasteiger partial charge in [0, 0.05) is 17.8 Å². The van der Waals surface area contributed by atoms with Gasteiger partial charge >= 0.3 is 5.97 Å². The summed E-state index contributed by atoms with van der Waals surface area (Å²) in [6.07, 6.45) is 1.98. The van der Waals surface area contributed by atoms with Gasteiger partial charge in [0.05, 0.1) is 12.2 Å². The zero-order valence-corrected chi connectivity index (χ0v) is 9.98. The molecule has 0 atom stereocenters. The first-order valence-electron chi connectivity index (χ1n) is 5.98. The van der Waals surface area contributed by atoms with Crippen molar-refractivity contribution in [3.63, 3.8) is 0 Å². The highest BCUT2D eigenvalue weighted by molar-refractivity contribution is 5.90. The monoisotopic (exact) mass is 234 g/mol. The summed E-state index contributed by atoms with van der Waals surface area (Å²) >= 11 is 0. The van der Waals surface area contributed by atoms with Crippen molar-refractivity contribution in [1.82, 2.24) is 0 Å². The SMILES string of the molecule is CCOC(=O)c1cccc(NC2CC(N)C2)c1. The summed E-state index contributed by atoms with van der Waals surface area (Å²) in [5.41, 5.74) is 7.26. The Labute approximate surface area is 101 Å². The lowest BCUT2D eigenvalue weighted by molar-refractivity contribution is 0.0526. The van der Waals surface area contributed by atoms with Gasteiger partial charge in [0.15, 0.2) is 0 Å². The average molecular weight is 234 g/mol. The number of carbonyl (C=O) groups is 1. The number of rotatable bonds is 4. The second-order valence-corrected chi connectivity index (χ2v) is 4.37. The molecule has 17 heavy (non-hydrogen) atoms. The maximum absolute atomic E-state index is 11.5. The largest absolute Gasteiger partial charge is 0.462 e. The van der Waals surface area contributed by atoms with Crippen molar-refractivity contribution in [3.8, 4) is 0 Å². The van der Waals surface area contributed by atoms with Gasteiger partial charge in [-0.15, -0.1) is 0 Å². The van der Waals surface area contributed by atoms with Gasteiger partial charge in [-0.2, -0.15) is 0 Å². The molecule has 1 aliphatic rings. The maximum Gasteiger partial charge on any atom is 0.338 e. The van der Waals surface area contributed by atoms with Crippen molar-refractivity contribution in [2.75, 3.05) is 11.9 Å². The maximum atomic E-state index is 11.5. The molecule has 4 heteroatoms. The molecular formula is C13H18N2O2. The molecule has 0 aromatic heterocycles. The van der Waals surface area contributed by atoms with Crippen LogP contribution in [0.3, 0.4) is 0 Å². The van der Waals surface area contributed by atoms with Gasteiger partial charge in [0.2, 0.25) is 0 Å². The molecule has 0 unspecified atom stereocenters. The molecular weight excluding hydrogens is 216 g/mol. The number of benzene rings is 1. The summed E-state index contributed by atoms with van der Waals surface area (Å²) in [5, 5.41) is 3.36. The van der Waals surface area contributed by atoms with Crippen LogP contribution in [0.1, 0.15) is 30.1 Å². The van der Waals surface area contributed by atoms with Crippen molar-refractivity contribution >= 4 is 11.7 Å². The number of hydrogen-bond acceptors (Lipinski definition) is 4. The number of ether oxygens (including phenoxy) is 1. The molecule has 2 rings (SSSR count). The first kappa shape index (κ1) is 11.9. The predicted molar refractivity (Wildman–Crippen MR) is 67.0 cm³/mol. The van der Waals surface area contributed by atoms with Gasteiger partial charge < -0.3 is 15.8 Å². The second-order valence-electron chi connectivity index (χ2n) is 4.37. The molecule has 0 aliphatic heterocycles. The van der Waals surface area contributed by atoms with E-state index >= 15 is 0 Å². The van der Waals surface area contributed by atoms with E-state index in [0.717, 1.165) is 18.5 Å². The minimum Gasteiger partial charge on any atom is -0.462 e. The van der Waals surface area contributed by atoms with E-state index in [9.17, 15) is 4.79 Å². The van der Waals surface area contributed by atoms with E-state index < -0.39 is 0 Å². The topological polar surface area (TPSA) is 64.3 Å². The Morgan fingerprint density at radius 3 is 2.94 bits per heavy atom. The van der Waals surface area contributed by atoms with Gasteiger partial charge in [0.25, 0.3) is 0 Å². The first-order valence-corrected chi connectivity index (χ1v) is 5.98. The minimum atomic E-state index is -0.276. The normalized spacial score (nSPS) is 22.7. The number of nitrogens with two attached hydrogens (primary N) is 1. The van der Waals surface area contributed by atoms with E-state index in [4.69, 9.17) is 10.5 Å². The highest BCUT2D eigenvalue weighted by atomic mass is 16.5. The van der Waals surface area contributed by atoms with Crippen molar-refractivity contribution < 1.29 is 9.53 Å². The van der Waals surface area contributed by atoms with Crippen LogP contribution in [-0.4, -0.2) is 24.7 Å². The fourth-order valence-corrected chi connectivity index (χ4v) is 1.97. The summed E-state index contributed by atoms with van der Waals surface area (Å²) in [4.78, 5) is 11.5. The molecule has 1 saturated carbocycles. The molecule has 1 aromatic carbocycles. The molecule has 1 fully saturated rings. The van der Waals surface area contributed by atoms with Crippen molar-refractivity contribution in [1.29, 1.82) is 0 Å². The van der Waals surface area contributed by atoms with Gasteiger partial charge in [-0.3, -0.25) is 0 Å². The first-order chi connectivity index (χ1) is 8.19. The molecule has 0 heterocycles. The van der Waals surface area contributed by atoms with Crippen LogP contribution in [0.4, 0.5) is 5.69 Å². The molecule has 0 amide bonds. The quantitative estimate of drug-likeness (QED) is 0.779. The molecule has 92 valence electrons. The van der Waals surface area contributed by atoms with Gasteiger partial charge in [0.1, 0.15) is 0 Å². The van der Waals surface area contributed by atoms with E-state index in [2.05, 4.69) is 5.32 Å². The number of carbonyl (C=O) groups excluding carboxylic acids is 1. The van der Waals surface area contributed by atoms with Crippen LogP contribution in [0.15, 0.2) is 24.3 Å². The molecule has 4 nitrogen and oxygen atoms in total. The van der Waals surface area contributed by atoms with E-state index in [0.29, 0.717) is 24.3 Å². The standard InChI is InChI=1S/C13H18N2O2/c1-2-17-13(16)9-4-3-5-11(6-9)15-12-7-10(14)8-12/h3-6,10,12,15H,2,7-8,14H2,1H3. The molecule has 3 N–H and O–H groups in total. The number of anilines is 1. The van der Waals surface area contributed by atoms with E-state index in [1.54, 1.807) is 13.0 Å². The molecule has 0 spiro atoms. The molecule has 1 aromatic rings. The fourth-order valence-electron chi connectivity index (χ4n) is 1.97. The summed E-state index contributed by atoms with van der Waals surface area (Å²) in [6, 6.07) is 8.14. The zero-order valence-electron chi connectivity index (χ0n) is 9.98. The third kappa shape index (κ3) is 2.97. The van der Waals surface area contributed by atoms with Gasteiger partial charge in [-0.1, -0.05) is 6.07 Å². The lowest BCUT2D eigenvalue weighted by atomic mass is 9.87. The fraction of sp³-hybridized carbons (Fsp3) is 0.462. The van der Waals surface area contributed by atoms with Crippen LogP contribution in [0, 0.1) is 0 Å². The Morgan fingerprint density at radius 2 is 2.29 bits per heavy atom. The number of hydrogen-bond donors (Lipinski definition) is 2. The summed E-state index contributed by atoms with van der Waals surface area (Å²) in [5.74, 6) is -0.276. The minimum absolute atomic E-state index is 0.276. The van der Waals surface area contributed by atoms with Gasteiger partial charge in [-0.25, -0.2) is 4.79 Å². The van der Waals surface area contributed by atoms with Crippen molar-refractivity contribution in [3.05, 3.63) is 29.8 Å². The van der Waals surface area contributed by atoms with Crippen LogP contribution in [0.25, 0.3) is 0 Å². The predicted octanol–water partition coefficient (Wildman–Crippen LogP) is 1.76. The lowest BCUT2D eigenvalue weighted by Gasteiger charge is -2.33. The third-order valence-corrected chi connectivity index (χ3v) is 2.92. The molecule has 0 bridgehead atoms. The molecule has 1 aliphatic carbocycles. The summed E-state index contributed by atoms with van der Waals surface area (Å²) < 4.78 is 4.96. The smallest absolute Gasteiger partial charge is 0.338 e. The Balaban J connectivity index is 1.98. The van der Waals surface area contributed by atoms with E-state index in [-0.39, 0.29) is 5.97 Å². The van der Waals surface area contributed by atoms with Crippen LogP contribution >= 0.6 is 0 Å². The Kier molecular flexibility index (Phi) is 3.64. The average Bonchev–Trinajstić information content (AvgIpc) is 2.28. The highest BCUT2D eigenvalue weighted by Gasteiger charge is 2.25. The van der Waals surface area contributed by atoms with Crippen molar-refractivity contribution in [2.24, 2.45) is 5.73 Å². The second kappa shape index (κ2) is 5.19. The van der Waals surface area contributed by atoms with Gasteiger partial charge in [-0.05, 0) is 38.0 Å². The third-order valence-electron chi connectivity index (χ3n) is 2.92. The van der Waals surface area contributed by atoms with E-state index in [1.165, 1.54) is 0 Å². The Hall–Kier alpha value is -1.55. The van der Waals surface area contributed by atoms with Crippen molar-refractivity contribution in [2.45, 2.75) is 31.8 Å². The van der Waals surface area contributed by atoms with E-state index in [1.807, 2.05) is 18.2 Å². The van der Waals surface area contributed by atoms with Crippen LogP contribution in [0.5, 0.6) is 0 Å². The lowest BCUT2D eigenvalue weighted by Crippen LogP contribution is -2.44. The molecule has 0 radical (unpaired) electrons. The molecule has 0 saturated heterocycles. The highest BCUT2D eigenvalue weighted by Crippen LogP contribution is 2.23. The van der Waals surface area contributed by atoms with Crippen LogP contribution in [0.2, 0.25) is 0 Å². The number of nitrogens with one attached hydrogen (secondary N) is 1. The van der Waals surface area contributed by atoms with Crippen LogP contribution in [-0.2, 0) is 4.74 Å². The Morgan fingerprint density at radius 1 is 1.53 bits per heavy atom. The summed E-state index contributed by atoms with van der Waals surface area (Å²) in [6.45, 7) is 2.20. The summed E-state index contributed by atoms with van der Waals surface area (Å²) in [7, 11) is 0. The zero-order chi connectivity index (χ0) is 12.3. The number of esters is 1.